The number of sulfonamides is 1. The maximum absolute atomic E-state index is 14.0. The maximum Gasteiger partial charge on any atom is 0.293 e. The molecule has 0 radical (unpaired) electrons. The summed E-state index contributed by atoms with van der Waals surface area (Å²) in [4.78, 5) is 77.1. The molecule has 4 amide bonds. The predicted octanol–water partition coefficient (Wildman–Crippen LogP) is 10.8. The summed E-state index contributed by atoms with van der Waals surface area (Å²) in [6.45, 7) is 7.77. The van der Waals surface area contributed by atoms with Gasteiger partial charge in [0, 0.05) is 136 Å². The van der Waals surface area contributed by atoms with Gasteiger partial charge < -0.3 is 43.9 Å². The second-order valence-electron chi connectivity index (χ2n) is 24.2. The Hall–Kier alpha value is -9.83. The summed E-state index contributed by atoms with van der Waals surface area (Å²) >= 11 is 6.26. The molecule has 96 heavy (non-hydrogen) atoms. The van der Waals surface area contributed by atoms with Crippen LogP contribution in [0, 0.1) is 33.8 Å². The van der Waals surface area contributed by atoms with Crippen molar-refractivity contribution in [3.05, 3.63) is 201 Å². The first-order valence-electron chi connectivity index (χ1n) is 32.2. The van der Waals surface area contributed by atoms with Crippen molar-refractivity contribution < 1.29 is 51.5 Å². The van der Waals surface area contributed by atoms with E-state index in [-0.39, 0.29) is 47.8 Å². The summed E-state index contributed by atoms with van der Waals surface area (Å²) < 4.78 is 53.4. The number of aromatic amines is 1. The molecule has 1 atom stereocenters. The SMILES string of the molecule is O=C(NS(=O)(=O)c1ccc(NCC2CCOCC2)c([N+](=O)[O-])c1)c1ccc(N2CCN(Cc3c(OCC4CCC4)cccc3-c3ccc(Cl)cc3)CC2)cc1Oc1cnc2[nH]ccc2c1.O=C1CCC(N2Cc3c(C#CCOCCN4C=CC=CC=C4)cccc3C2=O)C(=O)N1. The van der Waals surface area contributed by atoms with Crippen LogP contribution in [0.3, 0.4) is 0 Å². The van der Waals surface area contributed by atoms with E-state index in [1.807, 2.05) is 84.1 Å². The largest absolute Gasteiger partial charge is 0.493 e. The fourth-order valence-electron chi connectivity index (χ4n) is 12.3. The number of rotatable bonds is 21. The van der Waals surface area contributed by atoms with Crippen LogP contribution in [0.4, 0.5) is 17.1 Å². The van der Waals surface area contributed by atoms with E-state index >= 15 is 0 Å². The van der Waals surface area contributed by atoms with Gasteiger partial charge >= 0.3 is 0 Å². The molecule has 4 N–H and O–H groups in total. The molecular formula is C72H73ClN10O12S. The highest BCUT2D eigenvalue weighted by atomic mass is 35.5. The molecule has 4 fully saturated rings. The molecule has 1 saturated carbocycles. The number of nitro groups is 1. The van der Waals surface area contributed by atoms with Crippen molar-refractivity contribution in [1.82, 2.24) is 34.7 Å². The van der Waals surface area contributed by atoms with E-state index in [1.165, 1.54) is 48.6 Å². The molecule has 0 spiro atoms. The lowest BCUT2D eigenvalue weighted by atomic mass is 9.86. The number of anilines is 2. The first-order chi connectivity index (χ1) is 46.7. The predicted molar refractivity (Wildman–Crippen MR) is 364 cm³/mol. The molecule has 496 valence electrons. The minimum Gasteiger partial charge on any atom is -0.493 e. The maximum atomic E-state index is 14.0. The topological polar surface area (TPSA) is 260 Å². The van der Waals surface area contributed by atoms with Crippen LogP contribution >= 0.6 is 11.6 Å². The number of ether oxygens (including phenoxy) is 4. The van der Waals surface area contributed by atoms with Crippen molar-refractivity contribution in [2.45, 2.75) is 69.0 Å². The lowest BCUT2D eigenvalue weighted by Crippen LogP contribution is -2.52. The summed E-state index contributed by atoms with van der Waals surface area (Å²) in [6, 6.07) is 31.1. The van der Waals surface area contributed by atoms with E-state index in [2.05, 4.69) is 59.1 Å². The number of fused-ring (bicyclic) bond motifs is 2. The molecule has 1 unspecified atom stereocenters. The van der Waals surface area contributed by atoms with Crippen molar-refractivity contribution in [2.75, 3.05) is 82.5 Å². The van der Waals surface area contributed by atoms with Gasteiger partial charge in [0.2, 0.25) is 11.8 Å². The number of H-pyrrole nitrogens is 1. The van der Waals surface area contributed by atoms with Gasteiger partial charge in [0.1, 0.15) is 41.2 Å². The zero-order valence-electron chi connectivity index (χ0n) is 52.8. The van der Waals surface area contributed by atoms with Crippen LogP contribution in [-0.4, -0.2) is 140 Å². The van der Waals surface area contributed by atoms with Gasteiger partial charge in [0.15, 0.2) is 0 Å². The van der Waals surface area contributed by atoms with Crippen molar-refractivity contribution in [3.63, 3.8) is 0 Å². The Bertz CT molecular complexity index is 4300. The molecular weight excluding hydrogens is 1260 g/mol. The third-order valence-electron chi connectivity index (χ3n) is 17.9. The van der Waals surface area contributed by atoms with Gasteiger partial charge in [-0.3, -0.25) is 39.5 Å². The second kappa shape index (κ2) is 30.7. The number of aromatic nitrogens is 2. The number of halogens is 1. The molecule has 5 aliphatic heterocycles. The molecule has 2 aromatic heterocycles. The molecule has 3 saturated heterocycles. The zero-order valence-corrected chi connectivity index (χ0v) is 54.3. The first kappa shape index (κ1) is 66.2. The number of piperazine rings is 1. The lowest BCUT2D eigenvalue weighted by Gasteiger charge is -2.37. The van der Waals surface area contributed by atoms with E-state index in [9.17, 15) is 37.7 Å². The summed E-state index contributed by atoms with van der Waals surface area (Å²) in [5.41, 5.74) is 6.59. The molecule has 5 aromatic carbocycles. The monoisotopic (exact) mass is 1340 g/mol. The Labute approximate surface area is 561 Å². The Morgan fingerprint density at radius 2 is 1.62 bits per heavy atom. The normalized spacial score (nSPS) is 17.4. The third kappa shape index (κ3) is 16.3. The van der Waals surface area contributed by atoms with Gasteiger partial charge in [-0.25, -0.2) is 18.1 Å². The second-order valence-corrected chi connectivity index (χ2v) is 26.3. The highest BCUT2D eigenvalue weighted by Crippen LogP contribution is 2.38. The average molecular weight is 1340 g/mol. The molecule has 13 rings (SSSR count). The summed E-state index contributed by atoms with van der Waals surface area (Å²) in [6.07, 6.45) is 21.0. The van der Waals surface area contributed by atoms with E-state index in [1.54, 1.807) is 36.5 Å². The summed E-state index contributed by atoms with van der Waals surface area (Å²) in [5.74, 6) is 6.43. The summed E-state index contributed by atoms with van der Waals surface area (Å²) in [7, 11) is -4.57. The number of hydrogen-bond acceptors (Lipinski definition) is 17. The van der Waals surface area contributed by atoms with Crippen LogP contribution in [0.5, 0.6) is 17.2 Å². The van der Waals surface area contributed by atoms with Gasteiger partial charge in [-0.1, -0.05) is 72.3 Å². The van der Waals surface area contributed by atoms with Gasteiger partial charge in [-0.05, 0) is 140 Å². The number of carbonyl (C=O) groups excluding carboxylic acids is 4. The molecule has 6 aliphatic rings. The van der Waals surface area contributed by atoms with Crippen molar-refractivity contribution in [3.8, 4) is 40.2 Å². The Morgan fingerprint density at radius 1 is 0.844 bits per heavy atom. The average Bonchev–Trinajstić information content (AvgIpc) is 1.54. The molecule has 7 heterocycles. The highest BCUT2D eigenvalue weighted by molar-refractivity contribution is 7.90. The number of benzene rings is 5. The Morgan fingerprint density at radius 3 is 2.39 bits per heavy atom. The minimum atomic E-state index is -4.57. The molecule has 24 heteroatoms. The number of imide groups is 1. The molecule has 0 bridgehead atoms. The van der Waals surface area contributed by atoms with E-state index in [4.69, 9.17) is 30.5 Å². The smallest absolute Gasteiger partial charge is 0.293 e. The van der Waals surface area contributed by atoms with Crippen LogP contribution in [-0.2, 0) is 42.2 Å². The van der Waals surface area contributed by atoms with Gasteiger partial charge in [-0.2, -0.15) is 0 Å². The summed E-state index contributed by atoms with van der Waals surface area (Å²) in [5, 5.41) is 19.0. The lowest BCUT2D eigenvalue weighted by molar-refractivity contribution is -0.384. The standard InChI is InChI=1S/C48H50ClN7O8S.C24H23N3O4/c49-36-9-7-34(8-10-36)40-5-2-6-45(63-31-33-3-1-4-33)42(40)30-54-19-21-55(22-20-54)37-11-13-41(46(26-37)64-38-25-35-15-18-50-47(35)52-29-38)48(57)53-65(60,61)39-12-14-43(44(27-39)56(58)59)51-28-32-16-23-62-24-17-32;28-22-11-10-21(23(29)25-22)27-17-20-18(7-5-9-19(20)24(27)30)8-6-15-31-16-14-26-12-3-1-2-4-13-26/h2,5-15,18,25-27,29,32-33,51H,1,3-4,16-17,19-24,28,30-31H2,(H,50,52)(H,53,57);1-5,7,9,12-13,21H,10-11,14-17H2,(H,25,28,29). The number of piperidine rings is 1. The van der Waals surface area contributed by atoms with Crippen LogP contribution in [0.1, 0.15) is 82.4 Å². The quantitative estimate of drug-likeness (QED) is 0.0171. The number of pyridine rings is 1. The fraction of sp³-hybridized carbons (Fsp3) is 0.319. The van der Waals surface area contributed by atoms with E-state index < -0.39 is 43.4 Å². The molecule has 22 nitrogen and oxygen atoms in total. The van der Waals surface area contributed by atoms with E-state index in [0.29, 0.717) is 93.5 Å². The first-order valence-corrected chi connectivity index (χ1v) is 34.1. The van der Waals surface area contributed by atoms with Crippen molar-refractivity contribution >= 4 is 73.3 Å². The molecule has 1 aliphatic carbocycles. The van der Waals surface area contributed by atoms with Gasteiger partial charge in [0.05, 0.1) is 34.8 Å². The number of amides is 4. The molecule has 7 aromatic rings. The fourth-order valence-corrected chi connectivity index (χ4v) is 13.4. The van der Waals surface area contributed by atoms with E-state index in [0.717, 1.165) is 83.2 Å². The van der Waals surface area contributed by atoms with Crippen LogP contribution in [0.25, 0.3) is 22.2 Å². The number of hydrogen-bond donors (Lipinski definition) is 4. The van der Waals surface area contributed by atoms with Gasteiger partial charge in [0.25, 0.3) is 27.5 Å². The number of carbonyl (C=O) groups is 4. The Kier molecular flexibility index (Phi) is 21.2. The third-order valence-corrected chi connectivity index (χ3v) is 19.5. The number of nitrogens with zero attached hydrogens (tertiary/aromatic N) is 6. The van der Waals surface area contributed by atoms with Crippen LogP contribution in [0.2, 0.25) is 5.02 Å². The number of allylic oxidation sites excluding steroid dienone is 4. The Balaban J connectivity index is 0.000000237. The highest BCUT2D eigenvalue weighted by Gasteiger charge is 2.40. The van der Waals surface area contributed by atoms with Gasteiger partial charge in [-0.15, -0.1) is 0 Å². The minimum absolute atomic E-state index is 0.0531. The zero-order chi connectivity index (χ0) is 66.5. The number of nitrogens with one attached hydrogen (secondary N) is 4. The van der Waals surface area contributed by atoms with Crippen molar-refractivity contribution in [2.24, 2.45) is 11.8 Å². The number of nitro benzene ring substituents is 1. The van der Waals surface area contributed by atoms with Crippen LogP contribution in [0.15, 0.2) is 163 Å². The van der Waals surface area contributed by atoms with Crippen molar-refractivity contribution in [1.29, 1.82) is 0 Å². The van der Waals surface area contributed by atoms with Crippen LogP contribution < -0.4 is 29.7 Å².